The molecule has 0 saturated heterocycles. The van der Waals surface area contributed by atoms with Crippen LogP contribution >= 0.6 is 0 Å². The van der Waals surface area contributed by atoms with Gasteiger partial charge in [-0.05, 0) is 42.2 Å². The third kappa shape index (κ3) is 2.66. The Hall–Kier alpha value is -1.35. The van der Waals surface area contributed by atoms with Gasteiger partial charge >= 0.3 is 0 Å². The molecule has 1 fully saturated rings. The zero-order valence-corrected chi connectivity index (χ0v) is 11.5. The lowest BCUT2D eigenvalue weighted by molar-refractivity contribution is -0.123. The minimum Gasteiger partial charge on any atom is -0.354 e. The summed E-state index contributed by atoms with van der Waals surface area (Å²) < 4.78 is 0. The summed E-state index contributed by atoms with van der Waals surface area (Å²) in [5.74, 6) is 0.161. The normalized spacial score (nSPS) is 23.5. The second kappa shape index (κ2) is 4.97. The van der Waals surface area contributed by atoms with E-state index in [4.69, 9.17) is 0 Å². The van der Waals surface area contributed by atoms with Gasteiger partial charge in [-0.3, -0.25) is 4.79 Å². The van der Waals surface area contributed by atoms with Crippen molar-refractivity contribution >= 4 is 5.91 Å². The third-order valence-electron chi connectivity index (χ3n) is 4.74. The van der Waals surface area contributed by atoms with Gasteiger partial charge in [0.05, 0.1) is 6.04 Å². The maximum absolute atomic E-state index is 12.2. The molecule has 1 aliphatic carbocycles. The SMILES string of the molecule is CCC1(CNC(=O)[C@H]2Cc3ccccc3CN2)CC1. The molecular formula is C16H22N2O. The molecule has 3 nitrogen and oxygen atoms in total. The van der Waals surface area contributed by atoms with Crippen LogP contribution in [0, 0.1) is 5.41 Å². The van der Waals surface area contributed by atoms with Crippen LogP contribution in [0.4, 0.5) is 0 Å². The molecule has 0 spiro atoms. The van der Waals surface area contributed by atoms with E-state index in [1.165, 1.54) is 30.4 Å². The molecule has 3 heteroatoms. The number of benzene rings is 1. The Balaban J connectivity index is 1.57. The first-order chi connectivity index (χ1) is 9.22. The second-order valence-electron chi connectivity index (χ2n) is 5.98. The van der Waals surface area contributed by atoms with Crippen LogP contribution in [0.25, 0.3) is 0 Å². The molecule has 1 heterocycles. The van der Waals surface area contributed by atoms with E-state index in [-0.39, 0.29) is 11.9 Å². The standard InChI is InChI=1S/C16H22N2O/c1-2-16(7-8-16)11-18-15(19)14-9-12-5-3-4-6-13(12)10-17-14/h3-6,14,17H,2,7-11H2,1H3,(H,18,19)/t14-/m1/s1. The number of hydrogen-bond donors (Lipinski definition) is 2. The van der Waals surface area contributed by atoms with E-state index in [1.54, 1.807) is 0 Å². The maximum atomic E-state index is 12.2. The minimum absolute atomic E-state index is 0.0671. The quantitative estimate of drug-likeness (QED) is 0.867. The monoisotopic (exact) mass is 258 g/mol. The Morgan fingerprint density at radius 1 is 1.37 bits per heavy atom. The van der Waals surface area contributed by atoms with Gasteiger partial charge in [0.25, 0.3) is 0 Å². The highest BCUT2D eigenvalue weighted by atomic mass is 16.2. The summed E-state index contributed by atoms with van der Waals surface area (Å²) in [7, 11) is 0. The highest BCUT2D eigenvalue weighted by Crippen LogP contribution is 2.47. The Kier molecular flexibility index (Phi) is 3.31. The molecule has 0 bridgehead atoms. The predicted molar refractivity (Wildman–Crippen MR) is 75.7 cm³/mol. The second-order valence-corrected chi connectivity index (χ2v) is 5.98. The van der Waals surface area contributed by atoms with Crippen LogP contribution in [0.5, 0.6) is 0 Å². The number of carbonyl (C=O) groups is 1. The van der Waals surface area contributed by atoms with Gasteiger partial charge < -0.3 is 10.6 Å². The molecule has 1 atom stereocenters. The summed E-state index contributed by atoms with van der Waals surface area (Å²) in [5.41, 5.74) is 3.04. The van der Waals surface area contributed by atoms with Crippen molar-refractivity contribution in [3.05, 3.63) is 35.4 Å². The highest BCUT2D eigenvalue weighted by Gasteiger charge is 2.41. The van der Waals surface area contributed by atoms with Gasteiger partial charge in [0, 0.05) is 13.1 Å². The predicted octanol–water partition coefficient (Wildman–Crippen LogP) is 2.01. The molecule has 0 aromatic heterocycles. The van der Waals surface area contributed by atoms with Crippen molar-refractivity contribution in [2.24, 2.45) is 5.41 Å². The number of carbonyl (C=O) groups excluding carboxylic acids is 1. The molecule has 1 aliphatic heterocycles. The lowest BCUT2D eigenvalue weighted by Crippen LogP contribution is -2.48. The van der Waals surface area contributed by atoms with Crippen LogP contribution in [0.2, 0.25) is 0 Å². The molecule has 102 valence electrons. The number of fused-ring (bicyclic) bond motifs is 1. The number of amides is 1. The topological polar surface area (TPSA) is 41.1 Å². The Morgan fingerprint density at radius 3 is 2.79 bits per heavy atom. The van der Waals surface area contributed by atoms with E-state index in [0.29, 0.717) is 5.41 Å². The van der Waals surface area contributed by atoms with Crippen LogP contribution in [0.15, 0.2) is 24.3 Å². The molecular weight excluding hydrogens is 236 g/mol. The number of hydrogen-bond acceptors (Lipinski definition) is 2. The van der Waals surface area contributed by atoms with Crippen molar-refractivity contribution in [2.75, 3.05) is 6.54 Å². The first-order valence-electron chi connectivity index (χ1n) is 7.30. The van der Waals surface area contributed by atoms with Crippen molar-refractivity contribution < 1.29 is 4.79 Å². The Bertz CT molecular complexity index is 479. The Morgan fingerprint density at radius 2 is 2.11 bits per heavy atom. The summed E-state index contributed by atoms with van der Waals surface area (Å²) in [6, 6.07) is 8.30. The minimum atomic E-state index is -0.0671. The Labute approximate surface area is 114 Å². The van der Waals surface area contributed by atoms with Crippen molar-refractivity contribution in [3.63, 3.8) is 0 Å². The molecule has 0 radical (unpaired) electrons. The molecule has 1 aromatic carbocycles. The third-order valence-corrected chi connectivity index (χ3v) is 4.74. The molecule has 0 unspecified atom stereocenters. The van der Waals surface area contributed by atoms with E-state index in [0.717, 1.165) is 19.5 Å². The van der Waals surface area contributed by atoms with Gasteiger partial charge in [0.1, 0.15) is 0 Å². The van der Waals surface area contributed by atoms with Crippen LogP contribution < -0.4 is 10.6 Å². The molecule has 2 N–H and O–H groups in total. The van der Waals surface area contributed by atoms with Gasteiger partial charge in [-0.1, -0.05) is 31.2 Å². The van der Waals surface area contributed by atoms with Crippen molar-refractivity contribution in [3.8, 4) is 0 Å². The first kappa shape index (κ1) is 12.7. The average Bonchev–Trinajstić information content (AvgIpc) is 3.25. The van der Waals surface area contributed by atoms with Gasteiger partial charge in [-0.2, -0.15) is 0 Å². The molecule has 1 saturated carbocycles. The summed E-state index contributed by atoms with van der Waals surface area (Å²) in [5, 5.41) is 6.47. The summed E-state index contributed by atoms with van der Waals surface area (Å²) in [6.07, 6.45) is 4.52. The van der Waals surface area contributed by atoms with Gasteiger partial charge in [0.15, 0.2) is 0 Å². The summed E-state index contributed by atoms with van der Waals surface area (Å²) in [6.45, 7) is 3.86. The zero-order valence-electron chi connectivity index (χ0n) is 11.5. The highest BCUT2D eigenvalue weighted by molar-refractivity contribution is 5.82. The van der Waals surface area contributed by atoms with Crippen LogP contribution in [-0.2, 0) is 17.8 Å². The van der Waals surface area contributed by atoms with E-state index in [2.05, 4.69) is 41.8 Å². The zero-order chi connectivity index (χ0) is 13.3. The molecule has 2 aliphatic rings. The van der Waals surface area contributed by atoms with E-state index in [9.17, 15) is 4.79 Å². The molecule has 1 amide bonds. The first-order valence-corrected chi connectivity index (χ1v) is 7.30. The van der Waals surface area contributed by atoms with Crippen molar-refractivity contribution in [1.82, 2.24) is 10.6 Å². The molecule has 3 rings (SSSR count). The maximum Gasteiger partial charge on any atom is 0.237 e. The van der Waals surface area contributed by atoms with Gasteiger partial charge in [-0.15, -0.1) is 0 Å². The number of nitrogens with one attached hydrogen (secondary N) is 2. The molecule has 1 aromatic rings. The fourth-order valence-corrected chi connectivity index (χ4v) is 2.87. The largest absolute Gasteiger partial charge is 0.354 e. The lowest BCUT2D eigenvalue weighted by Gasteiger charge is -2.26. The average molecular weight is 258 g/mol. The number of rotatable bonds is 4. The smallest absolute Gasteiger partial charge is 0.237 e. The van der Waals surface area contributed by atoms with E-state index < -0.39 is 0 Å². The van der Waals surface area contributed by atoms with Crippen molar-refractivity contribution in [2.45, 2.75) is 45.2 Å². The van der Waals surface area contributed by atoms with Gasteiger partial charge in [-0.25, -0.2) is 0 Å². The van der Waals surface area contributed by atoms with Crippen molar-refractivity contribution in [1.29, 1.82) is 0 Å². The van der Waals surface area contributed by atoms with Crippen LogP contribution in [0.1, 0.15) is 37.3 Å². The van der Waals surface area contributed by atoms with E-state index in [1.807, 2.05) is 0 Å². The van der Waals surface area contributed by atoms with E-state index >= 15 is 0 Å². The summed E-state index contributed by atoms with van der Waals surface area (Å²) >= 11 is 0. The summed E-state index contributed by atoms with van der Waals surface area (Å²) in [4.78, 5) is 12.2. The fourth-order valence-electron chi connectivity index (χ4n) is 2.87. The molecule has 19 heavy (non-hydrogen) atoms. The lowest BCUT2D eigenvalue weighted by atomic mass is 9.95. The van der Waals surface area contributed by atoms with Crippen LogP contribution in [-0.4, -0.2) is 18.5 Å². The van der Waals surface area contributed by atoms with Gasteiger partial charge in [0.2, 0.25) is 5.91 Å². The fraction of sp³-hybridized carbons (Fsp3) is 0.562. The van der Waals surface area contributed by atoms with Crippen LogP contribution in [0.3, 0.4) is 0 Å².